The maximum absolute atomic E-state index is 4.74. The first-order valence-corrected chi connectivity index (χ1v) is 14.0. The van der Waals surface area contributed by atoms with Gasteiger partial charge in [0, 0.05) is 54.4 Å². The average molecular weight is 521 g/mol. The van der Waals surface area contributed by atoms with Gasteiger partial charge in [-0.25, -0.2) is 4.98 Å². The number of pyridine rings is 1. The van der Waals surface area contributed by atoms with Crippen LogP contribution in [0.1, 0.15) is 16.7 Å². The maximum atomic E-state index is 4.74. The molecule has 0 unspecified atom stereocenters. The van der Waals surface area contributed by atoms with E-state index < -0.39 is 0 Å². The monoisotopic (exact) mass is 520 g/mol. The van der Waals surface area contributed by atoms with Crippen LogP contribution in [-0.4, -0.2) is 48.1 Å². The number of fused-ring (bicyclic) bond motifs is 3. The Bertz CT molecular complexity index is 1790. The number of nitrogens with zero attached hydrogens (tertiary/aromatic N) is 3. The van der Waals surface area contributed by atoms with E-state index in [0.29, 0.717) is 0 Å². The van der Waals surface area contributed by atoms with Gasteiger partial charge < -0.3 is 14.8 Å². The molecule has 0 aliphatic carbocycles. The summed E-state index contributed by atoms with van der Waals surface area (Å²) >= 11 is 0. The number of aromatic nitrogens is 2. The Morgan fingerprint density at radius 2 is 1.45 bits per heavy atom. The Balaban J connectivity index is 1.34. The summed E-state index contributed by atoms with van der Waals surface area (Å²) in [5.74, 6) is 0. The molecule has 0 atom stereocenters. The molecule has 4 heteroatoms. The highest BCUT2D eigenvalue weighted by atomic mass is 15.2. The fourth-order valence-corrected chi connectivity index (χ4v) is 5.80. The predicted octanol–water partition coefficient (Wildman–Crippen LogP) is 7.72. The number of benzene rings is 4. The van der Waals surface area contributed by atoms with Crippen molar-refractivity contribution in [2.24, 2.45) is 0 Å². The fraction of sp³-hybridized carbons (Fsp3) is 0.139. The van der Waals surface area contributed by atoms with Gasteiger partial charge in [0.1, 0.15) is 5.65 Å². The van der Waals surface area contributed by atoms with Gasteiger partial charge in [-0.15, -0.1) is 0 Å². The van der Waals surface area contributed by atoms with E-state index in [0.717, 1.165) is 42.7 Å². The molecule has 7 rings (SSSR count). The van der Waals surface area contributed by atoms with Crippen LogP contribution in [0.3, 0.4) is 0 Å². The molecule has 2 aromatic heterocycles. The third-order valence-electron chi connectivity index (χ3n) is 8.05. The Morgan fingerprint density at radius 3 is 2.20 bits per heavy atom. The maximum Gasteiger partial charge on any atom is 0.138 e. The van der Waals surface area contributed by atoms with E-state index in [9.17, 15) is 0 Å². The molecule has 196 valence electrons. The summed E-state index contributed by atoms with van der Waals surface area (Å²) in [6.45, 7) is 4.37. The van der Waals surface area contributed by atoms with E-state index in [-0.39, 0.29) is 0 Å². The zero-order valence-corrected chi connectivity index (χ0v) is 22.7. The van der Waals surface area contributed by atoms with Crippen LogP contribution in [-0.2, 0) is 0 Å². The summed E-state index contributed by atoms with van der Waals surface area (Å²) in [5.41, 5.74) is 10.5. The third-order valence-corrected chi connectivity index (χ3v) is 8.05. The van der Waals surface area contributed by atoms with Crippen LogP contribution >= 0.6 is 0 Å². The minimum absolute atomic E-state index is 0.907. The highest BCUT2D eigenvalue weighted by molar-refractivity contribution is 6.14. The Morgan fingerprint density at radius 1 is 0.750 bits per heavy atom. The highest BCUT2D eigenvalue weighted by Gasteiger charge is 2.17. The van der Waals surface area contributed by atoms with Crippen molar-refractivity contribution < 1.29 is 0 Å². The summed E-state index contributed by atoms with van der Waals surface area (Å²) < 4.78 is 0. The number of H-pyrrole nitrogens is 1. The smallest absolute Gasteiger partial charge is 0.138 e. The number of nitrogens with one attached hydrogen (secondary N) is 1. The molecule has 1 saturated heterocycles. The van der Waals surface area contributed by atoms with Gasteiger partial charge in [0.05, 0.1) is 0 Å². The second-order valence-corrected chi connectivity index (χ2v) is 10.6. The summed E-state index contributed by atoms with van der Waals surface area (Å²) in [6.07, 6.45) is 4.19. The van der Waals surface area contributed by atoms with Gasteiger partial charge in [-0.05, 0) is 76.8 Å². The van der Waals surface area contributed by atoms with Crippen molar-refractivity contribution >= 4 is 39.3 Å². The van der Waals surface area contributed by atoms with Crippen molar-refractivity contribution in [1.82, 2.24) is 14.9 Å². The first-order chi connectivity index (χ1) is 19.7. The van der Waals surface area contributed by atoms with Crippen LogP contribution in [0.5, 0.6) is 0 Å². The fourth-order valence-electron chi connectivity index (χ4n) is 5.80. The molecule has 0 radical (unpaired) electrons. The lowest BCUT2D eigenvalue weighted by molar-refractivity contribution is 0.313. The quantitative estimate of drug-likeness (QED) is 0.236. The molecule has 3 heterocycles. The van der Waals surface area contributed by atoms with Gasteiger partial charge in [0.25, 0.3) is 0 Å². The molecule has 1 N–H and O–H groups in total. The zero-order chi connectivity index (χ0) is 26.9. The van der Waals surface area contributed by atoms with Crippen LogP contribution in [0, 0.1) is 0 Å². The molecule has 0 saturated carbocycles. The molecule has 40 heavy (non-hydrogen) atoms. The van der Waals surface area contributed by atoms with Gasteiger partial charge in [-0.2, -0.15) is 0 Å². The van der Waals surface area contributed by atoms with Crippen molar-refractivity contribution in [2.45, 2.75) is 0 Å². The van der Waals surface area contributed by atoms with Crippen LogP contribution in [0.25, 0.3) is 44.7 Å². The largest absolute Gasteiger partial charge is 0.369 e. The number of hydrogen-bond acceptors (Lipinski definition) is 3. The molecular weight excluding hydrogens is 488 g/mol. The minimum atomic E-state index is 0.907. The van der Waals surface area contributed by atoms with E-state index in [2.05, 4.69) is 137 Å². The van der Waals surface area contributed by atoms with Crippen molar-refractivity contribution in [1.29, 1.82) is 0 Å². The number of likely N-dealkylation sites (N-methyl/N-ethyl adjacent to an activating group) is 1. The molecule has 4 aromatic carbocycles. The lowest BCUT2D eigenvalue weighted by Crippen LogP contribution is -2.44. The van der Waals surface area contributed by atoms with Gasteiger partial charge in [0.15, 0.2) is 0 Å². The molecule has 0 bridgehead atoms. The first kappa shape index (κ1) is 24.4. The molecule has 4 nitrogen and oxygen atoms in total. The van der Waals surface area contributed by atoms with Crippen molar-refractivity contribution in [2.75, 3.05) is 38.1 Å². The second-order valence-electron chi connectivity index (χ2n) is 10.6. The van der Waals surface area contributed by atoms with Gasteiger partial charge in [0.2, 0.25) is 0 Å². The van der Waals surface area contributed by atoms with Crippen molar-refractivity contribution in [3.63, 3.8) is 0 Å². The minimum Gasteiger partial charge on any atom is -0.369 e. The van der Waals surface area contributed by atoms with Gasteiger partial charge in [-0.1, -0.05) is 78.9 Å². The SMILES string of the molecule is CN1CCN(c2ccc(-c3ccc4[nH]c5nccc(/C(=C\c6ccccc6)c6ccccc6)c5c4c3)cc2)CC1. The Hall–Kier alpha value is -4.67. The number of anilines is 1. The lowest BCUT2D eigenvalue weighted by atomic mass is 9.93. The molecule has 0 amide bonds. The number of aromatic amines is 1. The Labute approximate surface area is 235 Å². The van der Waals surface area contributed by atoms with E-state index in [1.165, 1.54) is 44.5 Å². The predicted molar refractivity (Wildman–Crippen MR) is 169 cm³/mol. The normalized spacial score (nSPS) is 14.7. The number of hydrogen-bond donors (Lipinski definition) is 1. The molecular formula is C36H32N4. The summed E-state index contributed by atoms with van der Waals surface area (Å²) in [4.78, 5) is 13.2. The van der Waals surface area contributed by atoms with Crippen LogP contribution in [0.4, 0.5) is 5.69 Å². The third kappa shape index (κ3) is 4.67. The van der Waals surface area contributed by atoms with Gasteiger partial charge in [-0.3, -0.25) is 0 Å². The van der Waals surface area contributed by atoms with E-state index in [4.69, 9.17) is 4.98 Å². The number of rotatable bonds is 5. The highest BCUT2D eigenvalue weighted by Crippen LogP contribution is 2.37. The van der Waals surface area contributed by atoms with E-state index in [1.54, 1.807) is 0 Å². The van der Waals surface area contributed by atoms with Crippen molar-refractivity contribution in [3.8, 4) is 11.1 Å². The van der Waals surface area contributed by atoms with Gasteiger partial charge >= 0.3 is 0 Å². The molecule has 1 fully saturated rings. The average Bonchev–Trinajstić information content (AvgIpc) is 3.40. The molecule has 1 aliphatic rings. The van der Waals surface area contributed by atoms with E-state index in [1.807, 2.05) is 6.20 Å². The van der Waals surface area contributed by atoms with Crippen LogP contribution in [0.2, 0.25) is 0 Å². The van der Waals surface area contributed by atoms with Crippen LogP contribution in [0.15, 0.2) is 115 Å². The zero-order valence-electron chi connectivity index (χ0n) is 22.7. The molecule has 1 aliphatic heterocycles. The van der Waals surface area contributed by atoms with E-state index >= 15 is 0 Å². The second kappa shape index (κ2) is 10.5. The van der Waals surface area contributed by atoms with Crippen molar-refractivity contribution in [3.05, 3.63) is 132 Å². The molecule has 0 spiro atoms. The summed E-state index contributed by atoms with van der Waals surface area (Å²) in [7, 11) is 2.20. The summed E-state index contributed by atoms with van der Waals surface area (Å²) in [5, 5.41) is 2.34. The van der Waals surface area contributed by atoms with Crippen LogP contribution < -0.4 is 4.90 Å². The topological polar surface area (TPSA) is 35.2 Å². The Kier molecular flexibility index (Phi) is 6.39. The lowest BCUT2D eigenvalue weighted by Gasteiger charge is -2.34. The number of piperazine rings is 1. The summed E-state index contributed by atoms with van der Waals surface area (Å²) in [6, 6.07) is 39.1. The first-order valence-electron chi connectivity index (χ1n) is 14.0. The molecule has 6 aromatic rings. The standard InChI is InChI=1S/C36H32N4/c1-39-20-22-40(23-21-39)30-15-12-27(13-16-30)29-14-17-34-33(25-29)35-31(18-19-37-36(35)38-34)32(28-10-6-3-7-11-28)24-26-8-4-2-5-9-26/h2-19,24-25H,20-23H2,1H3,(H,37,38)/b32-24-.